The van der Waals surface area contributed by atoms with Crippen molar-refractivity contribution in [3.63, 3.8) is 0 Å². The van der Waals surface area contributed by atoms with E-state index in [2.05, 4.69) is 18.7 Å². The van der Waals surface area contributed by atoms with Crippen molar-refractivity contribution in [3.8, 4) is 22.4 Å². The van der Waals surface area contributed by atoms with Gasteiger partial charge in [-0.2, -0.15) is 0 Å². The molecule has 0 N–H and O–H groups in total. The number of nitrogens with zero attached hydrogens (tertiary/aromatic N) is 1. The Hall–Kier alpha value is -3.10. The van der Waals surface area contributed by atoms with Gasteiger partial charge in [0.2, 0.25) is 0 Å². The van der Waals surface area contributed by atoms with E-state index in [0.29, 0.717) is 10.6 Å². The number of benzene rings is 3. The molecular weight excluding hydrogens is 354 g/mol. The number of carbonyl (C=O) groups is 1. The number of hydrogen-bond donors (Lipinski definition) is 0. The first-order chi connectivity index (χ1) is 13.1. The lowest BCUT2D eigenvalue weighted by Crippen LogP contribution is -2.12. The van der Waals surface area contributed by atoms with Gasteiger partial charge in [-0.15, -0.1) is 0 Å². The summed E-state index contributed by atoms with van der Waals surface area (Å²) in [6, 6.07) is 25.7. The van der Waals surface area contributed by atoms with Crippen molar-refractivity contribution in [2.24, 2.45) is 0 Å². The molecule has 1 heterocycles. The summed E-state index contributed by atoms with van der Waals surface area (Å²) in [6.45, 7) is 5.61. The Bertz CT molecular complexity index is 1160. The van der Waals surface area contributed by atoms with Crippen molar-refractivity contribution in [2.75, 3.05) is 0 Å². The number of hydrogen-bond acceptors (Lipinski definition) is 1. The monoisotopic (exact) mass is 371 g/mol. The van der Waals surface area contributed by atoms with E-state index >= 15 is 0 Å². The average molecular weight is 372 g/mol. The third-order valence-corrected chi connectivity index (χ3v) is 4.84. The summed E-state index contributed by atoms with van der Waals surface area (Å²) in [5.74, 6) is -0.122. The molecule has 0 bridgehead atoms. The van der Waals surface area contributed by atoms with Crippen LogP contribution in [0.3, 0.4) is 0 Å². The number of rotatable bonds is 3. The molecule has 1 aromatic heterocycles. The van der Waals surface area contributed by atoms with E-state index in [1.54, 1.807) is 11.5 Å². The lowest BCUT2D eigenvalue weighted by atomic mass is 9.98. The van der Waals surface area contributed by atoms with Crippen LogP contribution in [0.4, 0.5) is 0 Å². The summed E-state index contributed by atoms with van der Waals surface area (Å²) >= 11 is 6.32. The van der Waals surface area contributed by atoms with E-state index < -0.39 is 0 Å². The minimum absolute atomic E-state index is 0.122. The van der Waals surface area contributed by atoms with Gasteiger partial charge in [0.1, 0.15) is 0 Å². The van der Waals surface area contributed by atoms with Gasteiger partial charge in [0.25, 0.3) is 5.91 Å². The van der Waals surface area contributed by atoms with Crippen LogP contribution >= 0.6 is 11.6 Å². The lowest BCUT2D eigenvalue weighted by Gasteiger charge is -2.12. The number of allylic oxidation sites excluding steroid dienone is 1. The summed E-state index contributed by atoms with van der Waals surface area (Å²) in [5, 5.41) is 1.58. The standard InChI is InChI=1S/C24H18ClNO/c1-16(2)24(27)26-21-14-13-19(25)15-20(21)22(17-9-5-3-6-10-17)23(26)18-11-7-4-8-12-18/h3-15H,1H2,2H3. The largest absolute Gasteiger partial charge is 0.275 e. The van der Waals surface area contributed by atoms with Crippen LogP contribution in [0.5, 0.6) is 0 Å². The summed E-state index contributed by atoms with van der Waals surface area (Å²) in [6.07, 6.45) is 0. The van der Waals surface area contributed by atoms with E-state index in [0.717, 1.165) is 33.3 Å². The van der Waals surface area contributed by atoms with Crippen LogP contribution in [0, 0.1) is 0 Å². The number of halogens is 1. The molecule has 0 spiro atoms. The van der Waals surface area contributed by atoms with Gasteiger partial charge < -0.3 is 0 Å². The molecule has 0 unspecified atom stereocenters. The van der Waals surface area contributed by atoms with E-state index in [1.807, 2.05) is 66.7 Å². The van der Waals surface area contributed by atoms with Gasteiger partial charge in [0.05, 0.1) is 11.2 Å². The topological polar surface area (TPSA) is 22.0 Å². The second-order valence-electron chi connectivity index (χ2n) is 6.54. The quantitative estimate of drug-likeness (QED) is 0.361. The van der Waals surface area contributed by atoms with Crippen molar-refractivity contribution < 1.29 is 4.79 Å². The number of aromatic nitrogens is 1. The molecule has 3 heteroatoms. The van der Waals surface area contributed by atoms with Gasteiger partial charge in [0.15, 0.2) is 0 Å². The maximum absolute atomic E-state index is 13.1. The van der Waals surface area contributed by atoms with E-state index in [4.69, 9.17) is 11.6 Å². The molecule has 2 nitrogen and oxygen atoms in total. The minimum atomic E-state index is -0.122. The zero-order valence-corrected chi connectivity index (χ0v) is 15.7. The summed E-state index contributed by atoms with van der Waals surface area (Å²) < 4.78 is 1.76. The summed E-state index contributed by atoms with van der Waals surface area (Å²) in [5.41, 5.74) is 5.17. The Labute approximate surface area is 163 Å². The third kappa shape index (κ3) is 2.98. The smallest absolute Gasteiger partial charge is 0.257 e. The van der Waals surface area contributed by atoms with Crippen LogP contribution in [0.2, 0.25) is 5.02 Å². The molecule has 0 aliphatic rings. The fourth-order valence-electron chi connectivity index (χ4n) is 3.43. The highest BCUT2D eigenvalue weighted by atomic mass is 35.5. The molecule has 0 aliphatic heterocycles. The highest BCUT2D eigenvalue weighted by molar-refractivity contribution is 6.31. The SMILES string of the molecule is C=C(C)C(=O)n1c(-c2ccccc2)c(-c2ccccc2)c2cc(Cl)ccc21. The zero-order valence-electron chi connectivity index (χ0n) is 14.9. The highest BCUT2D eigenvalue weighted by Crippen LogP contribution is 2.42. The predicted molar refractivity (Wildman–Crippen MR) is 113 cm³/mol. The first kappa shape index (κ1) is 17.3. The Morgan fingerprint density at radius 3 is 2.07 bits per heavy atom. The van der Waals surface area contributed by atoms with Gasteiger partial charge in [0, 0.05) is 21.5 Å². The Morgan fingerprint density at radius 2 is 1.48 bits per heavy atom. The molecule has 4 rings (SSSR count). The van der Waals surface area contributed by atoms with Gasteiger partial charge in [-0.05, 0) is 36.2 Å². The Balaban J connectivity index is 2.21. The van der Waals surface area contributed by atoms with Crippen molar-refractivity contribution in [2.45, 2.75) is 6.92 Å². The fraction of sp³-hybridized carbons (Fsp3) is 0.0417. The molecule has 4 aromatic rings. The molecule has 3 aromatic carbocycles. The zero-order chi connectivity index (χ0) is 19.0. The Kier molecular flexibility index (Phi) is 4.43. The van der Waals surface area contributed by atoms with Gasteiger partial charge in [-0.3, -0.25) is 9.36 Å². The summed E-state index contributed by atoms with van der Waals surface area (Å²) in [4.78, 5) is 13.1. The molecular formula is C24H18ClNO. The summed E-state index contributed by atoms with van der Waals surface area (Å²) in [7, 11) is 0. The van der Waals surface area contributed by atoms with Crippen molar-refractivity contribution in [1.82, 2.24) is 4.57 Å². The molecule has 0 saturated carbocycles. The van der Waals surface area contributed by atoms with Crippen LogP contribution in [-0.2, 0) is 0 Å². The van der Waals surface area contributed by atoms with E-state index in [1.165, 1.54) is 0 Å². The molecule has 0 saturated heterocycles. The number of fused-ring (bicyclic) bond motifs is 1. The lowest BCUT2D eigenvalue weighted by molar-refractivity contribution is 0.0962. The highest BCUT2D eigenvalue weighted by Gasteiger charge is 2.24. The van der Waals surface area contributed by atoms with Gasteiger partial charge in [-0.25, -0.2) is 0 Å². The second kappa shape index (κ2) is 6.90. The van der Waals surface area contributed by atoms with Crippen LogP contribution in [0.25, 0.3) is 33.3 Å². The normalized spacial score (nSPS) is 10.9. The van der Waals surface area contributed by atoms with Crippen LogP contribution < -0.4 is 0 Å². The van der Waals surface area contributed by atoms with Crippen LogP contribution in [0.1, 0.15) is 11.7 Å². The molecule has 0 aliphatic carbocycles. The van der Waals surface area contributed by atoms with Gasteiger partial charge >= 0.3 is 0 Å². The second-order valence-corrected chi connectivity index (χ2v) is 6.97. The van der Waals surface area contributed by atoms with Crippen molar-refractivity contribution in [1.29, 1.82) is 0 Å². The van der Waals surface area contributed by atoms with Crippen LogP contribution in [0.15, 0.2) is 91.0 Å². The number of carbonyl (C=O) groups excluding carboxylic acids is 1. The first-order valence-electron chi connectivity index (χ1n) is 8.73. The average Bonchev–Trinajstić information content (AvgIpc) is 3.02. The molecule has 0 radical (unpaired) electrons. The maximum Gasteiger partial charge on any atom is 0.257 e. The molecule has 0 atom stereocenters. The van der Waals surface area contributed by atoms with E-state index in [-0.39, 0.29) is 5.91 Å². The Morgan fingerprint density at radius 1 is 0.889 bits per heavy atom. The molecule has 132 valence electrons. The molecule has 27 heavy (non-hydrogen) atoms. The molecule has 0 fully saturated rings. The first-order valence-corrected chi connectivity index (χ1v) is 9.10. The third-order valence-electron chi connectivity index (χ3n) is 4.61. The van der Waals surface area contributed by atoms with Crippen LogP contribution in [-0.4, -0.2) is 10.5 Å². The molecule has 0 amide bonds. The maximum atomic E-state index is 13.1. The minimum Gasteiger partial charge on any atom is -0.275 e. The van der Waals surface area contributed by atoms with E-state index in [9.17, 15) is 4.79 Å². The van der Waals surface area contributed by atoms with Crippen molar-refractivity contribution >= 4 is 28.4 Å². The van der Waals surface area contributed by atoms with Gasteiger partial charge in [-0.1, -0.05) is 78.8 Å². The van der Waals surface area contributed by atoms with Crippen molar-refractivity contribution in [3.05, 3.63) is 96.0 Å². The predicted octanol–water partition coefficient (Wildman–Crippen LogP) is 6.85. The fourth-order valence-corrected chi connectivity index (χ4v) is 3.60.